The third-order valence-corrected chi connectivity index (χ3v) is 3.47. The van der Waals surface area contributed by atoms with Crippen LogP contribution in [0.4, 0.5) is 0 Å². The molecule has 0 aliphatic rings. The monoisotopic (exact) mass is 304 g/mol. The van der Waals surface area contributed by atoms with E-state index in [2.05, 4.69) is 11.7 Å². The van der Waals surface area contributed by atoms with Crippen LogP contribution >= 0.6 is 0 Å². The molecule has 22 heavy (non-hydrogen) atoms. The van der Waals surface area contributed by atoms with Gasteiger partial charge in [0.2, 0.25) is 0 Å². The van der Waals surface area contributed by atoms with Gasteiger partial charge in [-0.05, 0) is 44.2 Å². The summed E-state index contributed by atoms with van der Waals surface area (Å²) in [5.41, 5.74) is 1.21. The molecule has 0 aliphatic carbocycles. The van der Waals surface area contributed by atoms with Gasteiger partial charge in [0.05, 0.1) is 19.3 Å². The third-order valence-electron chi connectivity index (χ3n) is 3.47. The van der Waals surface area contributed by atoms with Crippen molar-refractivity contribution in [3.05, 3.63) is 47.5 Å². The van der Waals surface area contributed by atoms with E-state index in [4.69, 9.17) is 4.74 Å². The van der Waals surface area contributed by atoms with Crippen LogP contribution in [0.1, 0.15) is 43.5 Å². The highest BCUT2D eigenvalue weighted by Gasteiger charge is 2.08. The van der Waals surface area contributed by atoms with Crippen molar-refractivity contribution in [2.75, 3.05) is 13.7 Å². The maximum absolute atomic E-state index is 11.8. The van der Waals surface area contributed by atoms with Crippen molar-refractivity contribution < 1.29 is 19.1 Å². The second kappa shape index (κ2) is 9.77. The lowest BCUT2D eigenvalue weighted by molar-refractivity contribution is -0.136. The molecule has 1 aromatic carbocycles. The Morgan fingerprint density at radius 1 is 1.18 bits per heavy atom. The zero-order valence-electron chi connectivity index (χ0n) is 13.5. The van der Waals surface area contributed by atoms with E-state index in [1.165, 1.54) is 7.11 Å². The van der Waals surface area contributed by atoms with Crippen LogP contribution in [-0.2, 0) is 14.3 Å². The van der Waals surface area contributed by atoms with Crippen LogP contribution in [0.3, 0.4) is 0 Å². The molecule has 0 unspecified atom stereocenters. The first-order chi connectivity index (χ1) is 10.5. The van der Waals surface area contributed by atoms with Gasteiger partial charge < -0.3 is 9.47 Å². The Labute approximate surface area is 132 Å². The summed E-state index contributed by atoms with van der Waals surface area (Å²) in [6, 6.07) is 8.98. The molecule has 0 saturated heterocycles. The molecule has 120 valence electrons. The Balaban J connectivity index is 2.22. The fourth-order valence-corrected chi connectivity index (χ4v) is 1.98. The molecule has 4 nitrogen and oxygen atoms in total. The first-order valence-corrected chi connectivity index (χ1v) is 7.51. The van der Waals surface area contributed by atoms with Gasteiger partial charge in [-0.1, -0.05) is 31.2 Å². The highest BCUT2D eigenvalue weighted by atomic mass is 16.5. The molecule has 0 heterocycles. The molecule has 0 aliphatic heterocycles. The lowest BCUT2D eigenvalue weighted by atomic mass is 10.0. The van der Waals surface area contributed by atoms with Gasteiger partial charge in [-0.2, -0.15) is 0 Å². The Bertz CT molecular complexity index is 505. The van der Waals surface area contributed by atoms with E-state index < -0.39 is 0 Å². The summed E-state index contributed by atoms with van der Waals surface area (Å²) in [5.74, 6) is -0.149. The molecule has 1 aromatic rings. The molecular formula is C18H24O4. The van der Waals surface area contributed by atoms with E-state index in [9.17, 15) is 9.59 Å². The van der Waals surface area contributed by atoms with Gasteiger partial charge >= 0.3 is 11.9 Å². The number of benzene rings is 1. The maximum atomic E-state index is 11.8. The molecule has 0 bridgehead atoms. The van der Waals surface area contributed by atoms with Crippen LogP contribution in [0.25, 0.3) is 0 Å². The van der Waals surface area contributed by atoms with Gasteiger partial charge in [-0.3, -0.25) is 0 Å². The fraction of sp³-hybridized carbons (Fsp3) is 0.444. The first-order valence-electron chi connectivity index (χ1n) is 7.51. The number of ether oxygens (including phenoxy) is 2. The summed E-state index contributed by atoms with van der Waals surface area (Å²) >= 11 is 0. The minimum atomic E-state index is -0.288. The summed E-state index contributed by atoms with van der Waals surface area (Å²) in [6.07, 6.45) is 4.45. The molecule has 0 aromatic heterocycles. The smallest absolute Gasteiger partial charge is 0.338 e. The van der Waals surface area contributed by atoms with E-state index in [0.29, 0.717) is 23.7 Å². The zero-order chi connectivity index (χ0) is 16.4. The van der Waals surface area contributed by atoms with Gasteiger partial charge in [-0.15, -0.1) is 0 Å². The van der Waals surface area contributed by atoms with Crippen molar-refractivity contribution in [2.24, 2.45) is 5.92 Å². The summed E-state index contributed by atoms with van der Waals surface area (Å²) in [6.45, 7) is 4.27. The SMILES string of the molecule is COC(=O)C(C)=CCC[C@H](C)CCOC(=O)c1ccccc1. The van der Waals surface area contributed by atoms with Crippen LogP contribution in [-0.4, -0.2) is 25.7 Å². The van der Waals surface area contributed by atoms with Gasteiger partial charge in [0.25, 0.3) is 0 Å². The van der Waals surface area contributed by atoms with E-state index in [0.717, 1.165) is 19.3 Å². The van der Waals surface area contributed by atoms with Crippen LogP contribution < -0.4 is 0 Å². The normalized spacial score (nSPS) is 12.6. The van der Waals surface area contributed by atoms with Gasteiger partial charge in [0.15, 0.2) is 0 Å². The number of carbonyl (C=O) groups excluding carboxylic acids is 2. The standard InChI is InChI=1S/C18H24O4/c1-14(8-7-9-15(2)17(19)21-3)12-13-22-18(20)16-10-5-4-6-11-16/h4-6,9-11,14H,7-8,12-13H2,1-3H3/t14-/m0/s1. The average molecular weight is 304 g/mol. The second-order valence-electron chi connectivity index (χ2n) is 5.35. The highest BCUT2D eigenvalue weighted by Crippen LogP contribution is 2.13. The molecule has 0 amide bonds. The minimum Gasteiger partial charge on any atom is -0.466 e. The maximum Gasteiger partial charge on any atom is 0.338 e. The van der Waals surface area contributed by atoms with Crippen LogP contribution in [0.15, 0.2) is 42.0 Å². The molecular weight excluding hydrogens is 280 g/mol. The van der Waals surface area contributed by atoms with Crippen molar-refractivity contribution in [1.29, 1.82) is 0 Å². The topological polar surface area (TPSA) is 52.6 Å². The van der Waals surface area contributed by atoms with Gasteiger partial charge in [-0.25, -0.2) is 9.59 Å². The molecule has 4 heteroatoms. The molecule has 0 saturated carbocycles. The third kappa shape index (κ3) is 6.57. The number of rotatable bonds is 8. The Morgan fingerprint density at radius 2 is 1.86 bits per heavy atom. The number of allylic oxidation sites excluding steroid dienone is 1. The number of hydrogen-bond donors (Lipinski definition) is 0. The lowest BCUT2D eigenvalue weighted by Gasteiger charge is -2.10. The second-order valence-corrected chi connectivity index (χ2v) is 5.35. The van der Waals surface area contributed by atoms with E-state index in [1.807, 2.05) is 24.3 Å². The molecule has 0 N–H and O–H groups in total. The summed E-state index contributed by atoms with van der Waals surface area (Å²) in [4.78, 5) is 23.0. The van der Waals surface area contributed by atoms with E-state index in [1.54, 1.807) is 19.1 Å². The van der Waals surface area contributed by atoms with Crippen molar-refractivity contribution in [1.82, 2.24) is 0 Å². The van der Waals surface area contributed by atoms with Crippen LogP contribution in [0, 0.1) is 5.92 Å². The predicted molar refractivity (Wildman–Crippen MR) is 85.5 cm³/mol. The largest absolute Gasteiger partial charge is 0.466 e. The van der Waals surface area contributed by atoms with Gasteiger partial charge in [0, 0.05) is 5.57 Å². The van der Waals surface area contributed by atoms with Crippen LogP contribution in [0.5, 0.6) is 0 Å². The Hall–Kier alpha value is -2.10. The summed E-state index contributed by atoms with van der Waals surface area (Å²) < 4.78 is 9.89. The summed E-state index contributed by atoms with van der Waals surface area (Å²) in [7, 11) is 1.38. The van der Waals surface area contributed by atoms with Crippen molar-refractivity contribution in [3.63, 3.8) is 0 Å². The quantitative estimate of drug-likeness (QED) is 0.542. The molecule has 0 spiro atoms. The van der Waals surface area contributed by atoms with E-state index >= 15 is 0 Å². The van der Waals surface area contributed by atoms with E-state index in [-0.39, 0.29) is 11.9 Å². The van der Waals surface area contributed by atoms with Crippen molar-refractivity contribution in [2.45, 2.75) is 33.1 Å². The molecule has 1 atom stereocenters. The van der Waals surface area contributed by atoms with Crippen molar-refractivity contribution >= 4 is 11.9 Å². The average Bonchev–Trinajstić information content (AvgIpc) is 2.54. The highest BCUT2D eigenvalue weighted by molar-refractivity contribution is 5.89. The Kier molecular flexibility index (Phi) is 7.97. The zero-order valence-corrected chi connectivity index (χ0v) is 13.5. The lowest BCUT2D eigenvalue weighted by Crippen LogP contribution is -2.09. The fourth-order valence-electron chi connectivity index (χ4n) is 1.98. The number of esters is 2. The van der Waals surface area contributed by atoms with Gasteiger partial charge in [0.1, 0.15) is 0 Å². The van der Waals surface area contributed by atoms with Crippen LogP contribution in [0.2, 0.25) is 0 Å². The number of carbonyl (C=O) groups is 2. The number of methoxy groups -OCH3 is 1. The minimum absolute atomic E-state index is 0.283. The number of hydrogen-bond acceptors (Lipinski definition) is 4. The van der Waals surface area contributed by atoms with Crippen molar-refractivity contribution in [3.8, 4) is 0 Å². The first kappa shape index (κ1) is 18.0. The molecule has 1 rings (SSSR count). The molecule has 0 fully saturated rings. The summed E-state index contributed by atoms with van der Waals surface area (Å²) in [5, 5.41) is 0. The molecule has 0 radical (unpaired) electrons. The predicted octanol–water partition coefficient (Wildman–Crippen LogP) is 3.77. The Morgan fingerprint density at radius 3 is 2.50 bits per heavy atom.